The Kier molecular flexibility index (Phi) is 20.4. The molecule has 4 nitrogen and oxygen atoms in total. The fraction of sp³-hybridized carbons (Fsp3) is 0.923. The molecule has 0 amide bonds. The maximum absolute atomic E-state index is 11.7. The van der Waals surface area contributed by atoms with E-state index in [-0.39, 0.29) is 11.9 Å². The van der Waals surface area contributed by atoms with Crippen LogP contribution in [0.4, 0.5) is 0 Å². The summed E-state index contributed by atoms with van der Waals surface area (Å²) in [4.78, 5) is 23.1. The van der Waals surface area contributed by atoms with Crippen LogP contribution in [-0.4, -0.2) is 25.2 Å². The van der Waals surface area contributed by atoms with E-state index in [2.05, 4.69) is 13.8 Å². The third-order valence-electron chi connectivity index (χ3n) is 5.80. The maximum atomic E-state index is 11.7. The Balaban J connectivity index is 3.51. The monoisotopic (exact) mass is 426 g/mol. The fourth-order valence-corrected chi connectivity index (χ4v) is 3.78. The topological polar surface area (TPSA) is 52.6 Å². The first-order chi connectivity index (χ1) is 14.5. The molecule has 0 saturated heterocycles. The summed E-state index contributed by atoms with van der Waals surface area (Å²) in [5, 5.41) is 0. The minimum Gasteiger partial charge on any atom is -0.466 e. The van der Waals surface area contributed by atoms with Gasteiger partial charge in [-0.25, -0.2) is 0 Å². The number of esters is 2. The Labute approximate surface area is 186 Å². The first-order valence-electron chi connectivity index (χ1n) is 12.8. The van der Waals surface area contributed by atoms with E-state index in [0.717, 1.165) is 32.1 Å². The molecule has 0 bridgehead atoms. The molecule has 0 saturated carbocycles. The SMILES string of the molecule is CCCOC(=O)CCCCCCCCCCCCC(CCC(=O)OCCC)C(C)C. The quantitative estimate of drug-likeness (QED) is 0.140. The number of rotatable bonds is 21. The molecule has 0 aromatic rings. The zero-order chi connectivity index (χ0) is 22.5. The molecule has 30 heavy (non-hydrogen) atoms. The summed E-state index contributed by atoms with van der Waals surface area (Å²) in [7, 11) is 0. The van der Waals surface area contributed by atoms with Crippen molar-refractivity contribution >= 4 is 11.9 Å². The van der Waals surface area contributed by atoms with Crippen molar-refractivity contribution in [3.8, 4) is 0 Å². The number of ether oxygens (including phenoxy) is 2. The van der Waals surface area contributed by atoms with Gasteiger partial charge < -0.3 is 9.47 Å². The van der Waals surface area contributed by atoms with Gasteiger partial charge in [-0.2, -0.15) is 0 Å². The molecule has 4 heteroatoms. The second-order valence-corrected chi connectivity index (χ2v) is 9.06. The lowest BCUT2D eigenvalue weighted by Crippen LogP contribution is -2.13. The van der Waals surface area contributed by atoms with E-state index < -0.39 is 0 Å². The highest BCUT2D eigenvalue weighted by Gasteiger charge is 2.15. The van der Waals surface area contributed by atoms with Crippen LogP contribution in [0.1, 0.15) is 130 Å². The zero-order valence-electron chi connectivity index (χ0n) is 20.5. The summed E-state index contributed by atoms with van der Waals surface area (Å²) in [6.45, 7) is 9.71. The van der Waals surface area contributed by atoms with E-state index in [0.29, 0.717) is 37.9 Å². The van der Waals surface area contributed by atoms with E-state index in [1.807, 2.05) is 13.8 Å². The van der Waals surface area contributed by atoms with Gasteiger partial charge >= 0.3 is 11.9 Å². The maximum Gasteiger partial charge on any atom is 0.305 e. The predicted octanol–water partition coefficient (Wildman–Crippen LogP) is 7.63. The molecule has 0 aliphatic heterocycles. The van der Waals surface area contributed by atoms with Gasteiger partial charge in [0.05, 0.1) is 13.2 Å². The number of hydrogen-bond donors (Lipinski definition) is 0. The van der Waals surface area contributed by atoms with Crippen molar-refractivity contribution in [2.75, 3.05) is 13.2 Å². The van der Waals surface area contributed by atoms with Gasteiger partial charge in [-0.3, -0.25) is 9.59 Å². The number of hydrogen-bond acceptors (Lipinski definition) is 4. The van der Waals surface area contributed by atoms with Gasteiger partial charge in [-0.15, -0.1) is 0 Å². The minimum absolute atomic E-state index is 0.0288. The highest BCUT2D eigenvalue weighted by molar-refractivity contribution is 5.69. The standard InChI is InChI=1S/C26H50O4/c1-5-21-29-25(27)18-16-14-12-10-8-7-9-11-13-15-17-24(23(3)4)19-20-26(28)30-22-6-2/h23-24H,5-22H2,1-4H3. The Morgan fingerprint density at radius 3 is 1.50 bits per heavy atom. The third kappa shape index (κ3) is 18.9. The van der Waals surface area contributed by atoms with Crippen molar-refractivity contribution < 1.29 is 19.1 Å². The second-order valence-electron chi connectivity index (χ2n) is 9.06. The molecular formula is C26H50O4. The molecular weight excluding hydrogens is 376 g/mol. The lowest BCUT2D eigenvalue weighted by Gasteiger charge is -2.20. The smallest absolute Gasteiger partial charge is 0.305 e. The normalized spacial score (nSPS) is 12.2. The molecule has 0 aliphatic rings. The number of carbonyl (C=O) groups excluding carboxylic acids is 2. The summed E-state index contributed by atoms with van der Waals surface area (Å²) in [5.41, 5.74) is 0. The molecule has 0 fully saturated rings. The highest BCUT2D eigenvalue weighted by Crippen LogP contribution is 2.24. The van der Waals surface area contributed by atoms with Crippen LogP contribution in [0.3, 0.4) is 0 Å². The predicted molar refractivity (Wildman–Crippen MR) is 125 cm³/mol. The molecule has 0 aromatic heterocycles. The molecule has 0 aromatic carbocycles. The lowest BCUT2D eigenvalue weighted by atomic mass is 9.86. The molecule has 1 unspecified atom stereocenters. The van der Waals surface area contributed by atoms with Crippen LogP contribution in [0.5, 0.6) is 0 Å². The van der Waals surface area contributed by atoms with Crippen molar-refractivity contribution in [2.24, 2.45) is 11.8 Å². The first kappa shape index (κ1) is 28.9. The van der Waals surface area contributed by atoms with Gasteiger partial charge in [0.2, 0.25) is 0 Å². The first-order valence-corrected chi connectivity index (χ1v) is 12.8. The molecule has 0 N–H and O–H groups in total. The molecule has 0 spiro atoms. The Morgan fingerprint density at radius 2 is 1.03 bits per heavy atom. The van der Waals surface area contributed by atoms with Crippen molar-refractivity contribution in [1.29, 1.82) is 0 Å². The van der Waals surface area contributed by atoms with Gasteiger partial charge in [-0.05, 0) is 37.5 Å². The minimum atomic E-state index is -0.0343. The molecule has 1 atom stereocenters. The molecule has 178 valence electrons. The third-order valence-corrected chi connectivity index (χ3v) is 5.80. The van der Waals surface area contributed by atoms with Crippen molar-refractivity contribution in [3.63, 3.8) is 0 Å². The molecule has 0 rings (SSSR count). The largest absolute Gasteiger partial charge is 0.466 e. The van der Waals surface area contributed by atoms with Crippen LogP contribution in [0.25, 0.3) is 0 Å². The molecule has 0 radical (unpaired) electrons. The second kappa shape index (κ2) is 21.2. The van der Waals surface area contributed by atoms with Gasteiger partial charge in [0, 0.05) is 12.8 Å². The fourth-order valence-electron chi connectivity index (χ4n) is 3.78. The Morgan fingerprint density at radius 1 is 0.600 bits per heavy atom. The van der Waals surface area contributed by atoms with E-state index in [1.165, 1.54) is 57.8 Å². The Hall–Kier alpha value is -1.06. The number of unbranched alkanes of at least 4 members (excludes halogenated alkanes) is 9. The van der Waals surface area contributed by atoms with Gasteiger partial charge in [0.15, 0.2) is 0 Å². The lowest BCUT2D eigenvalue weighted by molar-refractivity contribution is -0.144. The summed E-state index contributed by atoms with van der Waals surface area (Å²) < 4.78 is 10.3. The van der Waals surface area contributed by atoms with Gasteiger partial charge in [0.25, 0.3) is 0 Å². The van der Waals surface area contributed by atoms with Crippen molar-refractivity contribution in [3.05, 3.63) is 0 Å². The Bertz CT molecular complexity index is 406. The van der Waals surface area contributed by atoms with Gasteiger partial charge in [0.1, 0.15) is 0 Å². The van der Waals surface area contributed by atoms with E-state index in [1.54, 1.807) is 0 Å². The average molecular weight is 427 g/mol. The van der Waals surface area contributed by atoms with E-state index in [4.69, 9.17) is 9.47 Å². The van der Waals surface area contributed by atoms with Crippen LogP contribution in [-0.2, 0) is 19.1 Å². The molecule has 0 aliphatic carbocycles. The van der Waals surface area contributed by atoms with E-state index in [9.17, 15) is 9.59 Å². The van der Waals surface area contributed by atoms with Crippen LogP contribution >= 0.6 is 0 Å². The number of carbonyl (C=O) groups is 2. The van der Waals surface area contributed by atoms with Crippen LogP contribution in [0, 0.1) is 11.8 Å². The summed E-state index contributed by atoms with van der Waals surface area (Å²) in [5.74, 6) is 1.21. The summed E-state index contributed by atoms with van der Waals surface area (Å²) >= 11 is 0. The van der Waals surface area contributed by atoms with E-state index >= 15 is 0 Å². The highest BCUT2D eigenvalue weighted by atomic mass is 16.5. The summed E-state index contributed by atoms with van der Waals surface area (Å²) in [6, 6.07) is 0. The van der Waals surface area contributed by atoms with Crippen LogP contribution in [0.2, 0.25) is 0 Å². The zero-order valence-corrected chi connectivity index (χ0v) is 20.5. The van der Waals surface area contributed by atoms with Crippen LogP contribution in [0.15, 0.2) is 0 Å². The van der Waals surface area contributed by atoms with Crippen LogP contribution < -0.4 is 0 Å². The average Bonchev–Trinajstić information content (AvgIpc) is 2.73. The van der Waals surface area contributed by atoms with Crippen molar-refractivity contribution in [2.45, 2.75) is 130 Å². The van der Waals surface area contributed by atoms with Crippen molar-refractivity contribution in [1.82, 2.24) is 0 Å². The summed E-state index contributed by atoms with van der Waals surface area (Å²) in [6.07, 6.45) is 17.7. The van der Waals surface area contributed by atoms with Gasteiger partial charge in [-0.1, -0.05) is 91.9 Å². The molecule has 0 heterocycles.